The van der Waals surface area contributed by atoms with Gasteiger partial charge in [0.15, 0.2) is 11.7 Å². The topological polar surface area (TPSA) is 54.5 Å². The molecule has 28 heavy (non-hydrogen) atoms. The van der Waals surface area contributed by atoms with E-state index in [1.54, 1.807) is 11.3 Å². The third-order valence-electron chi connectivity index (χ3n) is 5.16. The molecule has 1 aromatic heterocycles. The summed E-state index contributed by atoms with van der Waals surface area (Å²) in [5, 5.41) is 4.22. The van der Waals surface area contributed by atoms with Crippen molar-refractivity contribution in [2.45, 2.75) is 47.1 Å². The molecule has 1 aromatic carbocycles. The highest BCUT2D eigenvalue weighted by Crippen LogP contribution is 2.27. The van der Waals surface area contributed by atoms with E-state index in [0.717, 1.165) is 47.4 Å². The van der Waals surface area contributed by atoms with Gasteiger partial charge in [-0.3, -0.25) is 15.0 Å². The summed E-state index contributed by atoms with van der Waals surface area (Å²) in [6.07, 6.45) is 2.50. The standard InChI is InChI=1S/C21H28ClN3O2S/c1-13-5-7-25(8-6-13)11-18-16(4)23-21(28-18)24-19(26)12-27-17-9-14(2)20(22)15(3)10-17/h9-10,13H,5-8,11-12H2,1-4H3,(H,23,24,26). The smallest absolute Gasteiger partial charge is 0.264 e. The zero-order valence-electron chi connectivity index (χ0n) is 17.0. The van der Waals surface area contributed by atoms with E-state index in [-0.39, 0.29) is 12.5 Å². The number of benzene rings is 1. The molecule has 2 aromatic rings. The van der Waals surface area contributed by atoms with Gasteiger partial charge in [-0.2, -0.15) is 0 Å². The van der Waals surface area contributed by atoms with Crippen LogP contribution >= 0.6 is 22.9 Å². The minimum absolute atomic E-state index is 0.0571. The number of rotatable bonds is 6. The van der Waals surface area contributed by atoms with Gasteiger partial charge in [0, 0.05) is 16.4 Å². The van der Waals surface area contributed by atoms with Crippen LogP contribution in [0.15, 0.2) is 12.1 Å². The Balaban J connectivity index is 1.53. The van der Waals surface area contributed by atoms with E-state index in [2.05, 4.69) is 22.1 Å². The summed E-state index contributed by atoms with van der Waals surface area (Å²) >= 11 is 7.72. The van der Waals surface area contributed by atoms with Crippen LogP contribution in [0.3, 0.4) is 0 Å². The number of aromatic nitrogens is 1. The van der Waals surface area contributed by atoms with Gasteiger partial charge in [0.25, 0.3) is 5.91 Å². The second-order valence-electron chi connectivity index (χ2n) is 7.69. The Morgan fingerprint density at radius 1 is 1.29 bits per heavy atom. The number of piperidine rings is 1. The zero-order chi connectivity index (χ0) is 20.3. The predicted octanol–water partition coefficient (Wildman–Crippen LogP) is 4.97. The molecule has 0 radical (unpaired) electrons. The number of nitrogens with one attached hydrogen (secondary N) is 1. The van der Waals surface area contributed by atoms with Crippen LogP contribution in [-0.2, 0) is 11.3 Å². The molecule has 152 valence electrons. The maximum Gasteiger partial charge on any atom is 0.264 e. The first-order chi connectivity index (χ1) is 13.3. The zero-order valence-corrected chi connectivity index (χ0v) is 18.5. The van der Waals surface area contributed by atoms with Crippen LogP contribution in [-0.4, -0.2) is 35.5 Å². The molecule has 2 heterocycles. The van der Waals surface area contributed by atoms with Gasteiger partial charge in [0.1, 0.15) is 5.75 Å². The third kappa shape index (κ3) is 5.46. The lowest BCUT2D eigenvalue weighted by molar-refractivity contribution is -0.118. The number of anilines is 1. The van der Waals surface area contributed by atoms with Gasteiger partial charge in [-0.05, 0) is 75.9 Å². The molecule has 0 atom stereocenters. The van der Waals surface area contributed by atoms with E-state index < -0.39 is 0 Å². The molecule has 3 rings (SSSR count). The fourth-order valence-electron chi connectivity index (χ4n) is 3.35. The van der Waals surface area contributed by atoms with Crippen LogP contribution in [0.2, 0.25) is 5.02 Å². The lowest BCUT2D eigenvalue weighted by Crippen LogP contribution is -2.32. The number of hydrogen-bond acceptors (Lipinski definition) is 5. The van der Waals surface area contributed by atoms with Crippen molar-refractivity contribution in [1.29, 1.82) is 0 Å². The van der Waals surface area contributed by atoms with Crippen molar-refractivity contribution < 1.29 is 9.53 Å². The average molecular weight is 422 g/mol. The molecule has 1 amide bonds. The predicted molar refractivity (Wildman–Crippen MR) is 116 cm³/mol. The minimum Gasteiger partial charge on any atom is -0.484 e. The Bertz CT molecular complexity index is 821. The van der Waals surface area contributed by atoms with Gasteiger partial charge in [0.2, 0.25) is 0 Å². The van der Waals surface area contributed by atoms with E-state index in [1.807, 2.05) is 32.9 Å². The van der Waals surface area contributed by atoms with E-state index in [9.17, 15) is 4.79 Å². The fraction of sp³-hybridized carbons (Fsp3) is 0.524. The molecule has 0 spiro atoms. The number of amides is 1. The van der Waals surface area contributed by atoms with Gasteiger partial charge >= 0.3 is 0 Å². The molecule has 1 N–H and O–H groups in total. The lowest BCUT2D eigenvalue weighted by Gasteiger charge is -2.29. The molecule has 1 aliphatic heterocycles. The van der Waals surface area contributed by atoms with Crippen molar-refractivity contribution in [3.8, 4) is 5.75 Å². The summed E-state index contributed by atoms with van der Waals surface area (Å²) in [4.78, 5) is 20.5. The SMILES string of the molecule is Cc1cc(OCC(=O)Nc2nc(C)c(CN3CCC(C)CC3)s2)cc(C)c1Cl. The van der Waals surface area contributed by atoms with Crippen LogP contribution in [0, 0.1) is 26.7 Å². The Morgan fingerprint density at radius 3 is 2.57 bits per heavy atom. The largest absolute Gasteiger partial charge is 0.484 e. The normalized spacial score (nSPS) is 15.6. The molecule has 0 bridgehead atoms. The molecule has 1 fully saturated rings. The number of nitrogens with zero attached hydrogens (tertiary/aromatic N) is 2. The van der Waals surface area contributed by atoms with E-state index in [4.69, 9.17) is 16.3 Å². The van der Waals surface area contributed by atoms with E-state index in [0.29, 0.717) is 10.9 Å². The third-order valence-corrected chi connectivity index (χ3v) is 6.82. The molecule has 0 unspecified atom stereocenters. The summed E-state index contributed by atoms with van der Waals surface area (Å²) in [6, 6.07) is 3.68. The number of aryl methyl sites for hydroxylation is 3. The number of carbonyl (C=O) groups excluding carboxylic acids is 1. The number of likely N-dealkylation sites (tertiary alicyclic amines) is 1. The molecular formula is C21H28ClN3O2S. The highest BCUT2D eigenvalue weighted by molar-refractivity contribution is 7.15. The molecule has 1 aliphatic rings. The Labute approximate surface area is 176 Å². The van der Waals surface area contributed by atoms with Crippen molar-refractivity contribution in [3.63, 3.8) is 0 Å². The highest BCUT2D eigenvalue weighted by Gasteiger charge is 2.18. The average Bonchev–Trinajstić information content (AvgIpc) is 2.98. The van der Waals surface area contributed by atoms with Gasteiger partial charge in [0.05, 0.1) is 5.69 Å². The molecule has 1 saturated heterocycles. The van der Waals surface area contributed by atoms with E-state index in [1.165, 1.54) is 17.7 Å². The maximum atomic E-state index is 12.3. The van der Waals surface area contributed by atoms with Gasteiger partial charge in [-0.1, -0.05) is 18.5 Å². The van der Waals surface area contributed by atoms with Crippen LogP contribution in [0.5, 0.6) is 5.75 Å². The van der Waals surface area contributed by atoms with Crippen LogP contribution in [0.4, 0.5) is 5.13 Å². The summed E-state index contributed by atoms with van der Waals surface area (Å²) in [5.74, 6) is 1.25. The van der Waals surface area contributed by atoms with Crippen molar-refractivity contribution in [2.75, 3.05) is 25.0 Å². The quantitative estimate of drug-likeness (QED) is 0.715. The number of halogens is 1. The highest BCUT2D eigenvalue weighted by atomic mass is 35.5. The van der Waals surface area contributed by atoms with Crippen LogP contribution < -0.4 is 10.1 Å². The Kier molecular flexibility index (Phi) is 6.96. The number of carbonyl (C=O) groups is 1. The number of ether oxygens (including phenoxy) is 1. The number of thiazole rings is 1. The first-order valence-corrected chi connectivity index (χ1v) is 10.9. The Morgan fingerprint density at radius 2 is 1.93 bits per heavy atom. The molecule has 7 heteroatoms. The number of hydrogen-bond donors (Lipinski definition) is 1. The van der Waals surface area contributed by atoms with Gasteiger partial charge in [-0.25, -0.2) is 4.98 Å². The molecule has 0 aliphatic carbocycles. The first-order valence-electron chi connectivity index (χ1n) is 9.70. The van der Waals surface area contributed by atoms with Crippen molar-refractivity contribution >= 4 is 34.0 Å². The molecule has 5 nitrogen and oxygen atoms in total. The molecular weight excluding hydrogens is 394 g/mol. The summed E-state index contributed by atoms with van der Waals surface area (Å²) < 4.78 is 5.62. The van der Waals surface area contributed by atoms with Crippen molar-refractivity contribution in [3.05, 3.63) is 38.9 Å². The van der Waals surface area contributed by atoms with Crippen LogP contribution in [0.25, 0.3) is 0 Å². The summed E-state index contributed by atoms with van der Waals surface area (Å²) in [6.45, 7) is 11.3. The minimum atomic E-state index is -0.211. The second-order valence-corrected chi connectivity index (χ2v) is 9.16. The van der Waals surface area contributed by atoms with Crippen molar-refractivity contribution in [2.24, 2.45) is 5.92 Å². The molecule has 0 saturated carbocycles. The van der Waals surface area contributed by atoms with Crippen molar-refractivity contribution in [1.82, 2.24) is 9.88 Å². The van der Waals surface area contributed by atoms with Gasteiger partial charge < -0.3 is 4.74 Å². The maximum absolute atomic E-state index is 12.3. The second kappa shape index (κ2) is 9.25. The van der Waals surface area contributed by atoms with E-state index >= 15 is 0 Å². The monoisotopic (exact) mass is 421 g/mol. The lowest BCUT2D eigenvalue weighted by atomic mass is 9.99. The summed E-state index contributed by atoms with van der Waals surface area (Å²) in [7, 11) is 0. The van der Waals surface area contributed by atoms with Gasteiger partial charge in [-0.15, -0.1) is 11.3 Å². The fourth-order valence-corrected chi connectivity index (χ4v) is 4.48. The summed E-state index contributed by atoms with van der Waals surface area (Å²) in [5.41, 5.74) is 2.86. The Hall–Kier alpha value is -1.63. The van der Waals surface area contributed by atoms with Crippen LogP contribution in [0.1, 0.15) is 41.5 Å². The first kappa shape index (κ1) is 21.1.